The molecule has 1 saturated heterocycles. The second-order valence-electron chi connectivity index (χ2n) is 6.29. The Balaban J connectivity index is 0.00000242. The molecule has 0 bridgehead atoms. The van der Waals surface area contributed by atoms with Crippen LogP contribution in [-0.4, -0.2) is 28.1 Å². The summed E-state index contributed by atoms with van der Waals surface area (Å²) in [5.74, 6) is 1.17. The number of hydrogen-bond acceptors (Lipinski definition) is 3. The first-order valence-electron chi connectivity index (χ1n) is 7.76. The maximum Gasteiger partial charge on any atom is 0.240 e. The third-order valence-electron chi connectivity index (χ3n) is 3.88. The monoisotopic (exact) mass is 346 g/mol. The Morgan fingerprint density at radius 1 is 1.27 bits per heavy atom. The standard InChI is InChI=1S/C16H26N2O2S.ClH/c1-13(2)11-14-3-5-16(6-4-14)21(19,20)18-10-8-15-7-9-17-12-15;/h3-6,13,15,17-18H,7-12H2,1-2H3;1H. The van der Waals surface area contributed by atoms with Crippen LogP contribution in [-0.2, 0) is 16.4 Å². The Hall–Kier alpha value is -0.620. The number of sulfonamides is 1. The van der Waals surface area contributed by atoms with E-state index in [1.54, 1.807) is 12.1 Å². The summed E-state index contributed by atoms with van der Waals surface area (Å²) < 4.78 is 27.1. The SMILES string of the molecule is CC(C)Cc1ccc(S(=O)(=O)NCCC2CCNC2)cc1.Cl. The molecule has 0 aromatic heterocycles. The number of nitrogens with one attached hydrogen (secondary N) is 2. The lowest BCUT2D eigenvalue weighted by Gasteiger charge is -2.11. The molecular weight excluding hydrogens is 320 g/mol. The van der Waals surface area contributed by atoms with Crippen LogP contribution in [0.5, 0.6) is 0 Å². The molecule has 0 amide bonds. The number of halogens is 1. The zero-order chi connectivity index (χ0) is 15.3. The van der Waals surface area contributed by atoms with Gasteiger partial charge in [0.05, 0.1) is 4.90 Å². The van der Waals surface area contributed by atoms with Gasteiger partial charge < -0.3 is 5.32 Å². The van der Waals surface area contributed by atoms with Gasteiger partial charge in [0.25, 0.3) is 0 Å². The summed E-state index contributed by atoms with van der Waals surface area (Å²) in [4.78, 5) is 0.361. The van der Waals surface area contributed by atoms with E-state index < -0.39 is 10.0 Å². The van der Waals surface area contributed by atoms with Gasteiger partial charge in [-0.15, -0.1) is 12.4 Å². The molecule has 1 aliphatic heterocycles. The van der Waals surface area contributed by atoms with Crippen LogP contribution in [0.3, 0.4) is 0 Å². The molecule has 2 N–H and O–H groups in total. The normalized spacial score (nSPS) is 18.4. The summed E-state index contributed by atoms with van der Waals surface area (Å²) in [5, 5.41) is 3.30. The van der Waals surface area contributed by atoms with Gasteiger partial charge in [0.15, 0.2) is 0 Å². The Kier molecular flexibility index (Phi) is 7.83. The van der Waals surface area contributed by atoms with Gasteiger partial charge in [-0.25, -0.2) is 13.1 Å². The van der Waals surface area contributed by atoms with Crippen molar-refractivity contribution in [3.63, 3.8) is 0 Å². The summed E-state index contributed by atoms with van der Waals surface area (Å²) in [6, 6.07) is 7.24. The average molecular weight is 347 g/mol. The minimum atomic E-state index is -3.37. The number of hydrogen-bond donors (Lipinski definition) is 2. The molecule has 6 heteroatoms. The van der Waals surface area contributed by atoms with Crippen molar-refractivity contribution in [3.05, 3.63) is 29.8 Å². The summed E-state index contributed by atoms with van der Waals surface area (Å²) in [6.45, 7) is 6.89. The molecule has 0 aliphatic carbocycles. The maximum absolute atomic E-state index is 12.2. The van der Waals surface area contributed by atoms with E-state index in [1.165, 1.54) is 5.56 Å². The first-order chi connectivity index (χ1) is 9.97. The number of benzene rings is 1. The molecule has 0 radical (unpaired) electrons. The van der Waals surface area contributed by atoms with Crippen molar-refractivity contribution in [2.24, 2.45) is 11.8 Å². The first-order valence-corrected chi connectivity index (χ1v) is 9.25. The van der Waals surface area contributed by atoms with Crippen LogP contribution in [0.2, 0.25) is 0 Å². The van der Waals surface area contributed by atoms with E-state index in [2.05, 4.69) is 23.9 Å². The third-order valence-corrected chi connectivity index (χ3v) is 5.36. The molecule has 126 valence electrons. The van der Waals surface area contributed by atoms with E-state index >= 15 is 0 Å². The van der Waals surface area contributed by atoms with E-state index in [-0.39, 0.29) is 12.4 Å². The molecule has 1 aromatic carbocycles. The van der Waals surface area contributed by atoms with Gasteiger partial charge >= 0.3 is 0 Å². The van der Waals surface area contributed by atoms with Gasteiger partial charge in [-0.3, -0.25) is 0 Å². The minimum absolute atomic E-state index is 0. The molecule has 1 aliphatic rings. The molecular formula is C16H27ClN2O2S. The van der Waals surface area contributed by atoms with Crippen LogP contribution in [0, 0.1) is 11.8 Å². The fourth-order valence-corrected chi connectivity index (χ4v) is 3.77. The highest BCUT2D eigenvalue weighted by Gasteiger charge is 2.17. The molecule has 1 fully saturated rings. The van der Waals surface area contributed by atoms with Crippen molar-refractivity contribution >= 4 is 22.4 Å². The van der Waals surface area contributed by atoms with Crippen LogP contribution in [0.1, 0.15) is 32.3 Å². The van der Waals surface area contributed by atoms with Gasteiger partial charge in [0.2, 0.25) is 10.0 Å². The summed E-state index contributed by atoms with van der Waals surface area (Å²) >= 11 is 0. The van der Waals surface area contributed by atoms with Crippen LogP contribution < -0.4 is 10.0 Å². The van der Waals surface area contributed by atoms with Crippen LogP contribution in [0.25, 0.3) is 0 Å². The summed E-state index contributed by atoms with van der Waals surface area (Å²) in [7, 11) is -3.37. The lowest BCUT2D eigenvalue weighted by molar-refractivity contribution is 0.519. The second-order valence-corrected chi connectivity index (χ2v) is 8.05. The Morgan fingerprint density at radius 2 is 1.95 bits per heavy atom. The van der Waals surface area contributed by atoms with E-state index in [9.17, 15) is 8.42 Å². The minimum Gasteiger partial charge on any atom is -0.316 e. The summed E-state index contributed by atoms with van der Waals surface area (Å²) in [5.41, 5.74) is 1.18. The zero-order valence-corrected chi connectivity index (χ0v) is 15.0. The van der Waals surface area contributed by atoms with Crippen molar-refractivity contribution in [1.82, 2.24) is 10.0 Å². The lowest BCUT2D eigenvalue weighted by atomic mass is 10.0. The molecule has 1 atom stereocenters. The molecule has 4 nitrogen and oxygen atoms in total. The highest BCUT2D eigenvalue weighted by Crippen LogP contribution is 2.15. The Labute approximate surface area is 140 Å². The van der Waals surface area contributed by atoms with Gasteiger partial charge in [-0.2, -0.15) is 0 Å². The van der Waals surface area contributed by atoms with E-state index in [4.69, 9.17) is 0 Å². The Bertz CT molecular complexity index is 538. The van der Waals surface area contributed by atoms with Crippen LogP contribution in [0.4, 0.5) is 0 Å². The Morgan fingerprint density at radius 3 is 2.50 bits per heavy atom. The van der Waals surface area contributed by atoms with Crippen molar-refractivity contribution in [2.45, 2.75) is 38.0 Å². The largest absolute Gasteiger partial charge is 0.316 e. The summed E-state index contributed by atoms with van der Waals surface area (Å²) in [6.07, 6.45) is 3.02. The predicted octanol–water partition coefficient (Wildman–Crippen LogP) is 2.58. The van der Waals surface area contributed by atoms with Crippen LogP contribution >= 0.6 is 12.4 Å². The smallest absolute Gasteiger partial charge is 0.240 e. The van der Waals surface area contributed by atoms with E-state index in [1.807, 2.05) is 12.1 Å². The fraction of sp³-hybridized carbons (Fsp3) is 0.625. The van der Waals surface area contributed by atoms with Gasteiger partial charge in [0, 0.05) is 6.54 Å². The second kappa shape index (κ2) is 8.87. The van der Waals surface area contributed by atoms with Gasteiger partial charge in [0.1, 0.15) is 0 Å². The van der Waals surface area contributed by atoms with Crippen molar-refractivity contribution in [2.75, 3.05) is 19.6 Å². The van der Waals surface area contributed by atoms with Crippen molar-refractivity contribution in [3.8, 4) is 0 Å². The molecule has 0 saturated carbocycles. The van der Waals surface area contributed by atoms with Gasteiger partial charge in [-0.05, 0) is 61.9 Å². The maximum atomic E-state index is 12.2. The van der Waals surface area contributed by atoms with Gasteiger partial charge in [-0.1, -0.05) is 26.0 Å². The fourth-order valence-electron chi connectivity index (χ4n) is 2.72. The quantitative estimate of drug-likeness (QED) is 0.797. The average Bonchev–Trinajstić information content (AvgIpc) is 2.91. The van der Waals surface area contributed by atoms with Crippen LogP contribution in [0.15, 0.2) is 29.2 Å². The third kappa shape index (κ3) is 5.88. The lowest BCUT2D eigenvalue weighted by Crippen LogP contribution is -2.26. The first kappa shape index (κ1) is 19.4. The molecule has 0 spiro atoms. The molecule has 2 rings (SSSR count). The molecule has 1 unspecified atom stereocenters. The molecule has 1 aromatic rings. The van der Waals surface area contributed by atoms with Crippen molar-refractivity contribution in [1.29, 1.82) is 0 Å². The highest BCUT2D eigenvalue weighted by molar-refractivity contribution is 7.89. The van der Waals surface area contributed by atoms with E-state index in [0.717, 1.165) is 32.4 Å². The topological polar surface area (TPSA) is 58.2 Å². The highest BCUT2D eigenvalue weighted by atomic mass is 35.5. The molecule has 1 heterocycles. The van der Waals surface area contributed by atoms with E-state index in [0.29, 0.717) is 23.3 Å². The molecule has 22 heavy (non-hydrogen) atoms. The number of rotatable bonds is 7. The predicted molar refractivity (Wildman–Crippen MR) is 93.0 cm³/mol. The zero-order valence-electron chi connectivity index (χ0n) is 13.3. The van der Waals surface area contributed by atoms with Crippen molar-refractivity contribution < 1.29 is 8.42 Å².